The number of ether oxygens (including phenoxy) is 5. The third-order valence-corrected chi connectivity index (χ3v) is 4.26. The molecule has 0 bridgehead atoms. The number of amides is 1. The third-order valence-electron chi connectivity index (χ3n) is 4.26. The molecule has 0 aliphatic heterocycles. The second kappa shape index (κ2) is 17.5. The summed E-state index contributed by atoms with van der Waals surface area (Å²) in [6.07, 6.45) is -0.983. The lowest BCUT2D eigenvalue weighted by Gasteiger charge is -2.29. The molecule has 1 atom stereocenters. The van der Waals surface area contributed by atoms with Gasteiger partial charge in [-0.1, -0.05) is 20.8 Å². The van der Waals surface area contributed by atoms with Gasteiger partial charge in [0.25, 0.3) is 0 Å². The van der Waals surface area contributed by atoms with E-state index in [1.54, 1.807) is 20.8 Å². The minimum atomic E-state index is -1.31. The average molecular weight is 438 g/mol. The second-order valence-corrected chi connectivity index (χ2v) is 7.59. The highest BCUT2D eigenvalue weighted by Gasteiger charge is 2.30. The van der Waals surface area contributed by atoms with Gasteiger partial charge in [-0.3, -0.25) is 9.59 Å². The number of ketones is 1. The molecule has 0 spiro atoms. The number of hydrogen-bond donors (Lipinski definition) is 1. The molecule has 0 aromatic rings. The van der Waals surface area contributed by atoms with Crippen molar-refractivity contribution in [3.05, 3.63) is 0 Å². The first-order chi connectivity index (χ1) is 14.2. The molecule has 30 heavy (non-hydrogen) atoms. The van der Waals surface area contributed by atoms with E-state index in [0.29, 0.717) is 52.7 Å². The summed E-state index contributed by atoms with van der Waals surface area (Å²) in [6, 6.07) is 0. The summed E-state index contributed by atoms with van der Waals surface area (Å²) in [5.74, 6) is -0.120. The molecular formula is C21H40FNO7. The first kappa shape index (κ1) is 28.9. The zero-order chi connectivity index (χ0) is 22.8. The van der Waals surface area contributed by atoms with E-state index in [1.165, 1.54) is 0 Å². The van der Waals surface area contributed by atoms with E-state index in [4.69, 9.17) is 23.7 Å². The zero-order valence-electron chi connectivity index (χ0n) is 19.2. The fraction of sp³-hybridized carbons (Fsp3) is 0.905. The summed E-state index contributed by atoms with van der Waals surface area (Å²) in [5.41, 5.74) is -1.01. The maximum absolute atomic E-state index is 14.2. The summed E-state index contributed by atoms with van der Waals surface area (Å²) < 4.78 is 41.0. The molecule has 1 N–H and O–H groups in total. The Labute approximate surface area is 180 Å². The van der Waals surface area contributed by atoms with Crippen molar-refractivity contribution in [1.29, 1.82) is 0 Å². The van der Waals surface area contributed by atoms with Crippen LogP contribution in [0.15, 0.2) is 0 Å². The van der Waals surface area contributed by atoms with Crippen LogP contribution in [0.1, 0.15) is 41.0 Å². The molecule has 0 saturated carbocycles. The van der Waals surface area contributed by atoms with Gasteiger partial charge in [-0.15, -0.1) is 0 Å². The minimum absolute atomic E-state index is 0.0139. The predicted octanol–water partition coefficient (Wildman–Crippen LogP) is 1.94. The Balaban J connectivity index is 3.47. The van der Waals surface area contributed by atoms with Crippen molar-refractivity contribution in [3.63, 3.8) is 0 Å². The molecule has 9 heteroatoms. The molecule has 0 saturated heterocycles. The number of Topliss-reactive ketones (excluding diaryl/α,β-unsaturated/α-hetero) is 1. The maximum Gasteiger partial charge on any atom is 0.219 e. The van der Waals surface area contributed by atoms with Crippen LogP contribution < -0.4 is 5.32 Å². The van der Waals surface area contributed by atoms with Crippen molar-refractivity contribution in [2.75, 3.05) is 66.0 Å². The fourth-order valence-corrected chi connectivity index (χ4v) is 2.03. The Morgan fingerprint density at radius 1 is 0.867 bits per heavy atom. The number of halogens is 1. The van der Waals surface area contributed by atoms with E-state index in [-0.39, 0.29) is 37.4 Å². The first-order valence-corrected chi connectivity index (χ1v) is 10.6. The summed E-state index contributed by atoms with van der Waals surface area (Å²) in [5, 5.41) is 2.52. The van der Waals surface area contributed by atoms with Gasteiger partial charge in [-0.2, -0.15) is 0 Å². The van der Waals surface area contributed by atoms with Crippen molar-refractivity contribution in [3.8, 4) is 0 Å². The Hall–Kier alpha value is -1.13. The maximum atomic E-state index is 14.2. The van der Waals surface area contributed by atoms with Crippen molar-refractivity contribution < 1.29 is 37.7 Å². The van der Waals surface area contributed by atoms with E-state index in [1.807, 2.05) is 13.8 Å². The first-order valence-electron chi connectivity index (χ1n) is 10.6. The normalized spacial score (nSPS) is 12.9. The largest absolute Gasteiger partial charge is 0.377 e. The monoisotopic (exact) mass is 437 g/mol. The molecule has 0 rings (SSSR count). The molecule has 0 aliphatic rings. The van der Waals surface area contributed by atoms with Crippen LogP contribution in [0, 0.1) is 5.92 Å². The summed E-state index contributed by atoms with van der Waals surface area (Å²) >= 11 is 0. The molecule has 0 fully saturated rings. The standard InChI is InChI=1S/C21H40FNO7/c1-6-20(25)23-15-19(22)21(4,5)30-14-13-28-10-9-26-7-8-27-11-12-29-16-18(24)17(2)3/h17,19H,6-16H2,1-5H3,(H,23,25). The fourth-order valence-electron chi connectivity index (χ4n) is 2.03. The molecule has 178 valence electrons. The van der Waals surface area contributed by atoms with Gasteiger partial charge >= 0.3 is 0 Å². The van der Waals surface area contributed by atoms with Gasteiger partial charge in [-0.25, -0.2) is 4.39 Å². The molecule has 1 amide bonds. The molecule has 0 aromatic carbocycles. The number of alkyl halides is 1. The molecule has 0 heterocycles. The third kappa shape index (κ3) is 15.7. The van der Waals surface area contributed by atoms with Crippen molar-refractivity contribution in [1.82, 2.24) is 5.32 Å². The second-order valence-electron chi connectivity index (χ2n) is 7.59. The molecular weight excluding hydrogens is 397 g/mol. The number of carbonyl (C=O) groups is 2. The highest BCUT2D eigenvalue weighted by molar-refractivity contribution is 5.81. The van der Waals surface area contributed by atoms with Crippen LogP contribution in [0.25, 0.3) is 0 Å². The Morgan fingerprint density at radius 2 is 1.33 bits per heavy atom. The number of hydrogen-bond acceptors (Lipinski definition) is 7. The molecule has 0 aromatic heterocycles. The van der Waals surface area contributed by atoms with Gasteiger partial charge in [0.1, 0.15) is 12.8 Å². The highest BCUT2D eigenvalue weighted by atomic mass is 19.1. The molecule has 0 radical (unpaired) electrons. The molecule has 8 nitrogen and oxygen atoms in total. The van der Waals surface area contributed by atoms with Gasteiger partial charge in [0, 0.05) is 12.3 Å². The Bertz CT molecular complexity index is 461. The van der Waals surface area contributed by atoms with Crippen LogP contribution in [-0.2, 0) is 33.3 Å². The zero-order valence-corrected chi connectivity index (χ0v) is 19.2. The van der Waals surface area contributed by atoms with E-state index in [2.05, 4.69) is 5.32 Å². The van der Waals surface area contributed by atoms with Crippen LogP contribution >= 0.6 is 0 Å². The van der Waals surface area contributed by atoms with Crippen LogP contribution in [-0.4, -0.2) is 89.5 Å². The predicted molar refractivity (Wildman–Crippen MR) is 111 cm³/mol. The van der Waals surface area contributed by atoms with Crippen molar-refractivity contribution in [2.45, 2.75) is 52.8 Å². The van der Waals surface area contributed by atoms with Gasteiger partial charge in [0.05, 0.1) is 65.0 Å². The topological polar surface area (TPSA) is 92.3 Å². The van der Waals surface area contributed by atoms with Crippen molar-refractivity contribution >= 4 is 11.7 Å². The molecule has 0 aliphatic carbocycles. The van der Waals surface area contributed by atoms with Crippen LogP contribution in [0.4, 0.5) is 4.39 Å². The summed E-state index contributed by atoms with van der Waals surface area (Å²) in [7, 11) is 0. The van der Waals surface area contributed by atoms with E-state index >= 15 is 0 Å². The van der Waals surface area contributed by atoms with Gasteiger partial charge in [0.2, 0.25) is 5.91 Å². The van der Waals surface area contributed by atoms with Gasteiger partial charge in [-0.05, 0) is 13.8 Å². The SMILES string of the molecule is CCC(=O)NCC(F)C(C)(C)OCCOCCOCCOCCOCC(=O)C(C)C. The Morgan fingerprint density at radius 3 is 1.80 bits per heavy atom. The van der Waals surface area contributed by atoms with Crippen LogP contribution in [0.5, 0.6) is 0 Å². The molecule has 1 unspecified atom stereocenters. The quantitative estimate of drug-likeness (QED) is 0.291. The summed E-state index contributed by atoms with van der Waals surface area (Å²) in [6.45, 7) is 11.8. The van der Waals surface area contributed by atoms with Crippen LogP contribution in [0.2, 0.25) is 0 Å². The highest BCUT2D eigenvalue weighted by Crippen LogP contribution is 2.17. The minimum Gasteiger partial charge on any atom is -0.377 e. The van der Waals surface area contributed by atoms with E-state index < -0.39 is 11.8 Å². The van der Waals surface area contributed by atoms with Gasteiger partial charge in [0.15, 0.2) is 5.78 Å². The number of carbonyl (C=O) groups excluding carboxylic acids is 2. The number of rotatable bonds is 20. The lowest BCUT2D eigenvalue weighted by Crippen LogP contribution is -2.44. The lowest BCUT2D eigenvalue weighted by molar-refractivity contribution is -0.127. The average Bonchev–Trinajstić information content (AvgIpc) is 2.71. The van der Waals surface area contributed by atoms with E-state index in [9.17, 15) is 14.0 Å². The van der Waals surface area contributed by atoms with E-state index in [0.717, 1.165) is 0 Å². The summed E-state index contributed by atoms with van der Waals surface area (Å²) in [4.78, 5) is 22.5. The Kier molecular flexibility index (Phi) is 16.9. The van der Waals surface area contributed by atoms with Crippen LogP contribution in [0.3, 0.4) is 0 Å². The van der Waals surface area contributed by atoms with Crippen molar-refractivity contribution in [2.24, 2.45) is 5.92 Å². The number of nitrogens with one attached hydrogen (secondary N) is 1. The van der Waals surface area contributed by atoms with Gasteiger partial charge < -0.3 is 29.0 Å². The lowest BCUT2D eigenvalue weighted by atomic mass is 10.0. The smallest absolute Gasteiger partial charge is 0.219 e.